The number of hydrogen-bond donors (Lipinski definition) is 0. The van der Waals surface area contributed by atoms with E-state index < -0.39 is 0 Å². The summed E-state index contributed by atoms with van der Waals surface area (Å²) < 4.78 is 5.21. The minimum Gasteiger partial charge on any atom is -0.497 e. The SMILES string of the molecule is COc1cccc(C(=O)N2CCN=C2SCc2ccccc2C)c1. The van der Waals surface area contributed by atoms with Crippen LogP contribution in [0.15, 0.2) is 53.5 Å². The molecule has 0 saturated heterocycles. The number of methoxy groups -OCH3 is 1. The van der Waals surface area contributed by atoms with Gasteiger partial charge >= 0.3 is 0 Å². The van der Waals surface area contributed by atoms with Crippen molar-refractivity contribution in [1.29, 1.82) is 0 Å². The lowest BCUT2D eigenvalue weighted by Crippen LogP contribution is -2.32. The Labute approximate surface area is 146 Å². The second kappa shape index (κ2) is 7.53. The molecule has 124 valence electrons. The second-order valence-corrected chi connectivity index (χ2v) is 6.51. The molecule has 3 rings (SSSR count). The molecular formula is C19H20N2O2S. The molecular weight excluding hydrogens is 320 g/mol. The third kappa shape index (κ3) is 3.62. The molecule has 0 atom stereocenters. The summed E-state index contributed by atoms with van der Waals surface area (Å²) in [5, 5.41) is 0.797. The molecule has 4 nitrogen and oxygen atoms in total. The van der Waals surface area contributed by atoms with Crippen LogP contribution in [0.3, 0.4) is 0 Å². The average Bonchev–Trinajstić information content (AvgIpc) is 3.09. The predicted molar refractivity (Wildman–Crippen MR) is 98.8 cm³/mol. The Morgan fingerprint density at radius 1 is 1.25 bits per heavy atom. The first-order valence-electron chi connectivity index (χ1n) is 7.86. The highest BCUT2D eigenvalue weighted by atomic mass is 32.2. The van der Waals surface area contributed by atoms with Crippen LogP contribution in [0.25, 0.3) is 0 Å². The molecule has 1 heterocycles. The quantitative estimate of drug-likeness (QED) is 0.851. The molecule has 24 heavy (non-hydrogen) atoms. The van der Waals surface area contributed by atoms with Crippen LogP contribution < -0.4 is 4.74 Å². The van der Waals surface area contributed by atoms with Gasteiger partial charge in [0.15, 0.2) is 5.17 Å². The third-order valence-electron chi connectivity index (χ3n) is 3.98. The highest BCUT2D eigenvalue weighted by molar-refractivity contribution is 8.13. The molecule has 2 aromatic rings. The van der Waals surface area contributed by atoms with Crippen molar-refractivity contribution in [3.63, 3.8) is 0 Å². The van der Waals surface area contributed by atoms with Crippen molar-refractivity contribution in [3.8, 4) is 5.75 Å². The van der Waals surface area contributed by atoms with E-state index in [9.17, 15) is 4.79 Å². The zero-order chi connectivity index (χ0) is 16.9. The van der Waals surface area contributed by atoms with E-state index in [-0.39, 0.29) is 5.91 Å². The Balaban J connectivity index is 1.70. The molecule has 2 aromatic carbocycles. The van der Waals surface area contributed by atoms with Gasteiger partial charge in [0.25, 0.3) is 5.91 Å². The third-order valence-corrected chi connectivity index (χ3v) is 5.04. The van der Waals surface area contributed by atoms with Gasteiger partial charge in [-0.15, -0.1) is 0 Å². The van der Waals surface area contributed by atoms with Crippen LogP contribution in [0.2, 0.25) is 0 Å². The number of nitrogens with zero attached hydrogens (tertiary/aromatic N) is 2. The summed E-state index contributed by atoms with van der Waals surface area (Å²) in [6.45, 7) is 3.39. The lowest BCUT2D eigenvalue weighted by molar-refractivity contribution is 0.0860. The maximum absolute atomic E-state index is 12.8. The molecule has 0 unspecified atom stereocenters. The van der Waals surface area contributed by atoms with E-state index in [1.807, 2.05) is 30.3 Å². The molecule has 1 aliphatic rings. The van der Waals surface area contributed by atoms with Crippen molar-refractivity contribution in [3.05, 3.63) is 65.2 Å². The van der Waals surface area contributed by atoms with Crippen LogP contribution in [-0.4, -0.2) is 36.2 Å². The van der Waals surface area contributed by atoms with Crippen LogP contribution in [-0.2, 0) is 5.75 Å². The van der Waals surface area contributed by atoms with Crippen molar-refractivity contribution in [2.75, 3.05) is 20.2 Å². The Kier molecular flexibility index (Phi) is 5.20. The van der Waals surface area contributed by atoms with Gasteiger partial charge in [0, 0.05) is 17.9 Å². The van der Waals surface area contributed by atoms with Gasteiger partial charge in [0.05, 0.1) is 13.7 Å². The summed E-state index contributed by atoms with van der Waals surface area (Å²) in [4.78, 5) is 19.0. The summed E-state index contributed by atoms with van der Waals surface area (Å²) in [5.41, 5.74) is 3.15. The Morgan fingerprint density at radius 2 is 2.08 bits per heavy atom. The monoisotopic (exact) mass is 340 g/mol. The van der Waals surface area contributed by atoms with Gasteiger partial charge in [0.2, 0.25) is 0 Å². The molecule has 1 aliphatic heterocycles. The Hall–Kier alpha value is -2.27. The topological polar surface area (TPSA) is 41.9 Å². The number of carbonyl (C=O) groups is 1. The van der Waals surface area contributed by atoms with Crippen molar-refractivity contribution in [2.45, 2.75) is 12.7 Å². The number of ether oxygens (including phenoxy) is 1. The Bertz CT molecular complexity index is 773. The minimum absolute atomic E-state index is 0.0255. The zero-order valence-corrected chi connectivity index (χ0v) is 14.7. The van der Waals surface area contributed by atoms with Crippen molar-refractivity contribution in [2.24, 2.45) is 4.99 Å². The first-order chi connectivity index (χ1) is 11.7. The summed E-state index contributed by atoms with van der Waals surface area (Å²) in [6, 6.07) is 15.5. The van der Waals surface area contributed by atoms with Crippen LogP contribution in [0.4, 0.5) is 0 Å². The number of rotatable bonds is 4. The van der Waals surface area contributed by atoms with Gasteiger partial charge in [-0.3, -0.25) is 14.7 Å². The summed E-state index contributed by atoms with van der Waals surface area (Å²) >= 11 is 1.62. The van der Waals surface area contributed by atoms with Crippen LogP contribution in [0, 0.1) is 6.92 Å². The summed E-state index contributed by atoms with van der Waals surface area (Å²) in [5.74, 6) is 1.47. The molecule has 0 saturated carbocycles. The van der Waals surface area contributed by atoms with E-state index in [1.54, 1.807) is 29.8 Å². The first kappa shape index (κ1) is 16.6. The van der Waals surface area contributed by atoms with Crippen LogP contribution in [0.5, 0.6) is 5.75 Å². The fourth-order valence-electron chi connectivity index (χ4n) is 2.56. The van der Waals surface area contributed by atoms with Gasteiger partial charge in [-0.1, -0.05) is 42.1 Å². The standard InChI is InChI=1S/C19H20N2O2S/c1-14-6-3-4-7-16(14)13-24-19-20-10-11-21(19)18(22)15-8-5-9-17(12-15)23-2/h3-9,12H,10-11,13H2,1-2H3. The molecule has 0 spiro atoms. The molecule has 0 radical (unpaired) electrons. The smallest absolute Gasteiger partial charge is 0.260 e. The maximum atomic E-state index is 12.8. The molecule has 0 fully saturated rings. The molecule has 0 N–H and O–H groups in total. The lowest BCUT2D eigenvalue weighted by Gasteiger charge is -2.18. The van der Waals surface area contributed by atoms with Gasteiger partial charge in [-0.25, -0.2) is 0 Å². The van der Waals surface area contributed by atoms with Gasteiger partial charge in [-0.2, -0.15) is 0 Å². The number of amides is 1. The van der Waals surface area contributed by atoms with E-state index in [1.165, 1.54) is 11.1 Å². The number of thioether (sulfide) groups is 1. The van der Waals surface area contributed by atoms with Gasteiger partial charge in [-0.05, 0) is 36.2 Å². The molecule has 5 heteroatoms. The van der Waals surface area contributed by atoms with Crippen molar-refractivity contribution in [1.82, 2.24) is 4.90 Å². The lowest BCUT2D eigenvalue weighted by atomic mass is 10.1. The number of aryl methyl sites for hydroxylation is 1. The fourth-order valence-corrected chi connectivity index (χ4v) is 3.69. The van der Waals surface area contributed by atoms with Gasteiger partial charge < -0.3 is 4.74 Å². The Morgan fingerprint density at radius 3 is 2.88 bits per heavy atom. The first-order valence-corrected chi connectivity index (χ1v) is 8.85. The van der Waals surface area contributed by atoms with E-state index >= 15 is 0 Å². The average molecular weight is 340 g/mol. The number of amidine groups is 1. The highest BCUT2D eigenvalue weighted by Gasteiger charge is 2.25. The summed E-state index contributed by atoms with van der Waals surface area (Å²) in [6.07, 6.45) is 0. The maximum Gasteiger partial charge on any atom is 0.260 e. The molecule has 0 bridgehead atoms. The molecule has 1 amide bonds. The molecule has 0 aliphatic carbocycles. The van der Waals surface area contributed by atoms with E-state index in [2.05, 4.69) is 24.0 Å². The van der Waals surface area contributed by atoms with Crippen molar-refractivity contribution < 1.29 is 9.53 Å². The van der Waals surface area contributed by atoms with E-state index in [0.29, 0.717) is 24.4 Å². The van der Waals surface area contributed by atoms with Crippen LogP contribution >= 0.6 is 11.8 Å². The van der Waals surface area contributed by atoms with E-state index in [4.69, 9.17) is 4.74 Å². The summed E-state index contributed by atoms with van der Waals surface area (Å²) in [7, 11) is 1.60. The largest absolute Gasteiger partial charge is 0.497 e. The van der Waals surface area contributed by atoms with Gasteiger partial charge in [0.1, 0.15) is 5.75 Å². The minimum atomic E-state index is -0.0255. The van der Waals surface area contributed by atoms with E-state index in [0.717, 1.165) is 10.9 Å². The highest BCUT2D eigenvalue weighted by Crippen LogP contribution is 2.23. The van der Waals surface area contributed by atoms with Crippen molar-refractivity contribution >= 4 is 22.8 Å². The number of benzene rings is 2. The second-order valence-electron chi connectivity index (χ2n) is 5.57. The normalized spacial score (nSPS) is 13.8. The number of hydrogen-bond acceptors (Lipinski definition) is 4. The fraction of sp³-hybridized carbons (Fsp3) is 0.263. The number of carbonyl (C=O) groups excluding carboxylic acids is 1. The number of aliphatic imine (C=N–C) groups is 1. The zero-order valence-electron chi connectivity index (χ0n) is 13.9. The molecule has 0 aromatic heterocycles. The van der Waals surface area contributed by atoms with Crippen LogP contribution in [0.1, 0.15) is 21.5 Å². The predicted octanol–water partition coefficient (Wildman–Crippen LogP) is 3.75.